The summed E-state index contributed by atoms with van der Waals surface area (Å²) in [5.74, 6) is 5.60. The Morgan fingerprint density at radius 2 is 2.25 bits per heavy atom. The zero-order valence-electron chi connectivity index (χ0n) is 9.36. The molecule has 0 aliphatic carbocycles. The van der Waals surface area contributed by atoms with Crippen molar-refractivity contribution in [2.24, 2.45) is 5.84 Å². The molecule has 16 heavy (non-hydrogen) atoms. The SMILES string of the molecule is Cc1csc(CC(NN)c2ccc(C)s2)n1. The third kappa shape index (κ3) is 2.68. The van der Waals surface area contributed by atoms with Crippen LogP contribution in [-0.4, -0.2) is 4.98 Å². The van der Waals surface area contributed by atoms with Gasteiger partial charge >= 0.3 is 0 Å². The molecule has 0 radical (unpaired) electrons. The van der Waals surface area contributed by atoms with Gasteiger partial charge in [-0.1, -0.05) is 0 Å². The van der Waals surface area contributed by atoms with E-state index in [1.807, 2.05) is 6.92 Å². The molecular formula is C11H15N3S2. The van der Waals surface area contributed by atoms with Crippen LogP contribution in [0.25, 0.3) is 0 Å². The smallest absolute Gasteiger partial charge is 0.0947 e. The largest absolute Gasteiger partial charge is 0.271 e. The van der Waals surface area contributed by atoms with E-state index in [1.165, 1.54) is 9.75 Å². The molecule has 1 atom stereocenters. The molecule has 0 saturated carbocycles. The fourth-order valence-electron chi connectivity index (χ4n) is 1.55. The van der Waals surface area contributed by atoms with Gasteiger partial charge in [0.05, 0.1) is 11.0 Å². The lowest BCUT2D eigenvalue weighted by molar-refractivity contribution is 0.559. The summed E-state index contributed by atoms with van der Waals surface area (Å²) >= 11 is 3.47. The van der Waals surface area contributed by atoms with Crippen LogP contribution in [0.2, 0.25) is 0 Å². The minimum absolute atomic E-state index is 0.171. The van der Waals surface area contributed by atoms with Gasteiger partial charge in [0.25, 0.3) is 0 Å². The van der Waals surface area contributed by atoms with Crippen LogP contribution in [0, 0.1) is 13.8 Å². The second-order valence-electron chi connectivity index (χ2n) is 3.75. The molecule has 0 bridgehead atoms. The van der Waals surface area contributed by atoms with Crippen LogP contribution in [0.5, 0.6) is 0 Å². The first kappa shape index (κ1) is 11.7. The number of hydrogen-bond acceptors (Lipinski definition) is 5. The third-order valence-electron chi connectivity index (χ3n) is 2.35. The maximum absolute atomic E-state index is 5.60. The van der Waals surface area contributed by atoms with E-state index in [-0.39, 0.29) is 6.04 Å². The summed E-state index contributed by atoms with van der Waals surface area (Å²) in [6, 6.07) is 4.42. The van der Waals surface area contributed by atoms with Crippen LogP contribution in [-0.2, 0) is 6.42 Å². The van der Waals surface area contributed by atoms with Crippen molar-refractivity contribution in [2.75, 3.05) is 0 Å². The Bertz CT molecular complexity index is 461. The highest BCUT2D eigenvalue weighted by atomic mass is 32.1. The van der Waals surface area contributed by atoms with Gasteiger partial charge < -0.3 is 0 Å². The highest BCUT2D eigenvalue weighted by Crippen LogP contribution is 2.26. The molecule has 2 heterocycles. The Morgan fingerprint density at radius 1 is 1.44 bits per heavy atom. The number of thiazole rings is 1. The quantitative estimate of drug-likeness (QED) is 0.650. The summed E-state index contributed by atoms with van der Waals surface area (Å²) in [5, 5.41) is 3.20. The fraction of sp³-hybridized carbons (Fsp3) is 0.364. The highest BCUT2D eigenvalue weighted by Gasteiger charge is 2.14. The molecule has 3 N–H and O–H groups in total. The van der Waals surface area contributed by atoms with Crippen molar-refractivity contribution < 1.29 is 0 Å². The molecule has 0 aliphatic rings. The Balaban J connectivity index is 2.12. The van der Waals surface area contributed by atoms with Crippen LogP contribution in [0.15, 0.2) is 17.5 Å². The average Bonchev–Trinajstić information content (AvgIpc) is 2.84. The molecule has 2 rings (SSSR count). The second-order valence-corrected chi connectivity index (χ2v) is 6.02. The molecule has 86 valence electrons. The maximum Gasteiger partial charge on any atom is 0.0947 e. The van der Waals surface area contributed by atoms with E-state index >= 15 is 0 Å². The number of hydrogen-bond donors (Lipinski definition) is 2. The first-order valence-electron chi connectivity index (χ1n) is 5.12. The van der Waals surface area contributed by atoms with Crippen molar-refractivity contribution in [2.45, 2.75) is 26.3 Å². The zero-order chi connectivity index (χ0) is 11.5. The highest BCUT2D eigenvalue weighted by molar-refractivity contribution is 7.12. The normalized spacial score (nSPS) is 12.9. The second kappa shape index (κ2) is 5.05. The standard InChI is InChI=1S/C11H15N3S2/c1-7-6-15-11(13-7)5-9(14-12)10-4-3-8(2)16-10/h3-4,6,9,14H,5,12H2,1-2H3. The van der Waals surface area contributed by atoms with Crippen LogP contribution < -0.4 is 11.3 Å². The van der Waals surface area contributed by atoms with Gasteiger partial charge in [0, 0.05) is 27.2 Å². The topological polar surface area (TPSA) is 50.9 Å². The van der Waals surface area contributed by atoms with Crippen molar-refractivity contribution in [1.82, 2.24) is 10.4 Å². The summed E-state index contributed by atoms with van der Waals surface area (Å²) in [5.41, 5.74) is 3.95. The van der Waals surface area contributed by atoms with Gasteiger partial charge in [-0.3, -0.25) is 11.3 Å². The molecule has 3 nitrogen and oxygen atoms in total. The van der Waals surface area contributed by atoms with Crippen molar-refractivity contribution in [3.63, 3.8) is 0 Å². The predicted molar refractivity (Wildman–Crippen MR) is 69.7 cm³/mol. The summed E-state index contributed by atoms with van der Waals surface area (Å²) in [6.45, 7) is 4.12. The van der Waals surface area contributed by atoms with Gasteiger partial charge in [-0.25, -0.2) is 4.98 Å². The minimum Gasteiger partial charge on any atom is -0.271 e. The molecule has 0 amide bonds. The van der Waals surface area contributed by atoms with Crippen molar-refractivity contribution in [3.05, 3.63) is 38.0 Å². The molecule has 5 heteroatoms. The number of aryl methyl sites for hydroxylation is 2. The van der Waals surface area contributed by atoms with E-state index in [4.69, 9.17) is 5.84 Å². The Kier molecular flexibility index (Phi) is 3.70. The van der Waals surface area contributed by atoms with E-state index in [1.54, 1.807) is 22.7 Å². The van der Waals surface area contributed by atoms with Crippen molar-refractivity contribution in [1.29, 1.82) is 0 Å². The number of rotatable bonds is 4. The fourth-order valence-corrected chi connectivity index (χ4v) is 3.31. The number of nitrogens with two attached hydrogens (primary N) is 1. The molecule has 0 saturated heterocycles. The third-order valence-corrected chi connectivity index (χ3v) is 4.45. The number of nitrogens with one attached hydrogen (secondary N) is 1. The Hall–Kier alpha value is -0.750. The number of thiophene rings is 1. The van der Waals surface area contributed by atoms with Gasteiger partial charge in [0.15, 0.2) is 0 Å². The van der Waals surface area contributed by atoms with Gasteiger partial charge in [0.2, 0.25) is 0 Å². The van der Waals surface area contributed by atoms with E-state index < -0.39 is 0 Å². The zero-order valence-corrected chi connectivity index (χ0v) is 11.0. The van der Waals surface area contributed by atoms with Gasteiger partial charge in [0.1, 0.15) is 0 Å². The van der Waals surface area contributed by atoms with E-state index in [2.05, 4.69) is 34.8 Å². The van der Waals surface area contributed by atoms with E-state index in [9.17, 15) is 0 Å². The van der Waals surface area contributed by atoms with Crippen LogP contribution in [0.1, 0.15) is 26.5 Å². The maximum atomic E-state index is 5.60. The molecule has 0 spiro atoms. The molecule has 0 aromatic carbocycles. The summed E-state index contributed by atoms with van der Waals surface area (Å²) < 4.78 is 0. The first-order valence-corrected chi connectivity index (χ1v) is 6.82. The lowest BCUT2D eigenvalue weighted by Crippen LogP contribution is -2.28. The number of hydrazine groups is 1. The van der Waals surface area contributed by atoms with Crippen molar-refractivity contribution in [3.8, 4) is 0 Å². The van der Waals surface area contributed by atoms with Crippen LogP contribution in [0.3, 0.4) is 0 Å². The van der Waals surface area contributed by atoms with Gasteiger partial charge in [-0.05, 0) is 26.0 Å². The lowest BCUT2D eigenvalue weighted by atomic mass is 10.2. The monoisotopic (exact) mass is 253 g/mol. The van der Waals surface area contributed by atoms with E-state index in [0.29, 0.717) is 0 Å². The van der Waals surface area contributed by atoms with Gasteiger partial charge in [-0.15, -0.1) is 22.7 Å². The summed E-state index contributed by atoms with van der Waals surface area (Å²) in [7, 11) is 0. The number of aromatic nitrogens is 1. The van der Waals surface area contributed by atoms with Crippen LogP contribution in [0.4, 0.5) is 0 Å². The first-order chi connectivity index (χ1) is 7.69. The molecular weight excluding hydrogens is 238 g/mol. The molecule has 2 aromatic rings. The lowest BCUT2D eigenvalue weighted by Gasteiger charge is -2.12. The average molecular weight is 253 g/mol. The predicted octanol–water partition coefficient (Wildman–Crippen LogP) is 2.57. The van der Waals surface area contributed by atoms with Gasteiger partial charge in [-0.2, -0.15) is 0 Å². The Labute approximate surface area is 103 Å². The van der Waals surface area contributed by atoms with Crippen molar-refractivity contribution >= 4 is 22.7 Å². The van der Waals surface area contributed by atoms with Crippen LogP contribution >= 0.6 is 22.7 Å². The summed E-state index contributed by atoms with van der Waals surface area (Å²) in [6.07, 6.45) is 0.856. The molecule has 2 aromatic heterocycles. The Morgan fingerprint density at radius 3 is 2.75 bits per heavy atom. The number of nitrogens with zero attached hydrogens (tertiary/aromatic N) is 1. The molecule has 0 aliphatic heterocycles. The molecule has 0 fully saturated rings. The summed E-state index contributed by atoms with van der Waals surface area (Å²) in [4.78, 5) is 7.04. The van der Waals surface area contributed by atoms with E-state index in [0.717, 1.165) is 17.1 Å². The molecule has 1 unspecified atom stereocenters. The minimum atomic E-state index is 0.171.